The van der Waals surface area contributed by atoms with Crippen molar-refractivity contribution in [2.75, 3.05) is 19.7 Å². The van der Waals surface area contributed by atoms with Gasteiger partial charge in [-0.2, -0.15) is 0 Å². The van der Waals surface area contributed by atoms with Gasteiger partial charge in [0.2, 0.25) is 5.91 Å². The second-order valence-electron chi connectivity index (χ2n) is 5.11. The number of rotatable bonds is 6. The van der Waals surface area contributed by atoms with E-state index in [9.17, 15) is 4.79 Å². The largest absolute Gasteiger partial charge is 0.493 e. The van der Waals surface area contributed by atoms with E-state index in [1.165, 1.54) is 12.8 Å². The molecule has 1 aromatic carbocycles. The molecule has 0 aromatic heterocycles. The highest BCUT2D eigenvalue weighted by atomic mass is 35.5. The molecule has 1 aliphatic heterocycles. The van der Waals surface area contributed by atoms with Gasteiger partial charge in [-0.25, -0.2) is 0 Å². The lowest BCUT2D eigenvalue weighted by Gasteiger charge is -2.22. The van der Waals surface area contributed by atoms with Crippen molar-refractivity contribution in [2.24, 2.45) is 11.7 Å². The van der Waals surface area contributed by atoms with E-state index in [0.717, 1.165) is 31.0 Å². The Morgan fingerprint density at radius 1 is 1.25 bits per heavy atom. The molecule has 0 aliphatic carbocycles. The summed E-state index contributed by atoms with van der Waals surface area (Å²) in [6, 6.07) is 7.94. The normalized spacial score (nSPS) is 15.4. The van der Waals surface area contributed by atoms with Crippen molar-refractivity contribution in [3.05, 3.63) is 29.8 Å². The maximum absolute atomic E-state index is 10.7. The van der Waals surface area contributed by atoms with Crippen molar-refractivity contribution in [2.45, 2.75) is 25.7 Å². The van der Waals surface area contributed by atoms with Gasteiger partial charge in [0.05, 0.1) is 6.61 Å². The van der Waals surface area contributed by atoms with Crippen LogP contribution in [0.2, 0.25) is 0 Å². The lowest BCUT2D eigenvalue weighted by atomic mass is 9.99. The van der Waals surface area contributed by atoms with Crippen LogP contribution in [-0.2, 0) is 11.2 Å². The molecule has 1 saturated heterocycles. The number of nitrogens with two attached hydrogens (primary N) is 1. The number of halogens is 1. The lowest BCUT2D eigenvalue weighted by Crippen LogP contribution is -2.30. The Morgan fingerprint density at radius 2 is 1.90 bits per heavy atom. The minimum atomic E-state index is -0.258. The fraction of sp³-hybridized carbons (Fsp3) is 0.533. The molecule has 1 heterocycles. The molecule has 1 fully saturated rings. The Balaban J connectivity index is 0.00000200. The maximum Gasteiger partial charge on any atom is 0.217 e. The molecule has 1 amide bonds. The molecule has 4 nitrogen and oxygen atoms in total. The highest BCUT2D eigenvalue weighted by molar-refractivity contribution is 5.85. The Labute approximate surface area is 126 Å². The van der Waals surface area contributed by atoms with Crippen molar-refractivity contribution < 1.29 is 9.53 Å². The Hall–Kier alpha value is -1.26. The van der Waals surface area contributed by atoms with Crippen LogP contribution in [0.25, 0.3) is 0 Å². The van der Waals surface area contributed by atoms with Gasteiger partial charge in [-0.05, 0) is 56.0 Å². The molecule has 1 aliphatic rings. The highest BCUT2D eigenvalue weighted by Crippen LogP contribution is 2.17. The van der Waals surface area contributed by atoms with E-state index in [1.54, 1.807) is 0 Å². The molecule has 112 valence electrons. The first-order valence-electron chi connectivity index (χ1n) is 6.95. The summed E-state index contributed by atoms with van der Waals surface area (Å²) in [6.07, 6.45) is 3.48. The van der Waals surface area contributed by atoms with Gasteiger partial charge in [-0.15, -0.1) is 12.4 Å². The summed E-state index contributed by atoms with van der Waals surface area (Å²) >= 11 is 0. The topological polar surface area (TPSA) is 64.4 Å². The van der Waals surface area contributed by atoms with Crippen LogP contribution >= 0.6 is 12.4 Å². The third kappa shape index (κ3) is 5.80. The molecule has 3 N–H and O–H groups in total. The zero-order valence-corrected chi connectivity index (χ0v) is 12.5. The van der Waals surface area contributed by atoms with Crippen LogP contribution in [0, 0.1) is 5.92 Å². The van der Waals surface area contributed by atoms with Crippen LogP contribution < -0.4 is 15.8 Å². The third-order valence-electron chi connectivity index (χ3n) is 3.53. The lowest BCUT2D eigenvalue weighted by molar-refractivity contribution is -0.117. The average Bonchev–Trinajstić information content (AvgIpc) is 2.45. The van der Waals surface area contributed by atoms with Crippen LogP contribution in [0.1, 0.15) is 24.8 Å². The quantitative estimate of drug-likeness (QED) is 0.843. The monoisotopic (exact) mass is 298 g/mol. The molecule has 0 bridgehead atoms. The highest BCUT2D eigenvalue weighted by Gasteiger charge is 2.13. The van der Waals surface area contributed by atoms with Gasteiger partial charge >= 0.3 is 0 Å². The zero-order chi connectivity index (χ0) is 13.5. The number of aryl methyl sites for hydroxylation is 1. The predicted octanol–water partition coefficient (Wildman–Crippen LogP) is 1.90. The molecule has 0 saturated carbocycles. The van der Waals surface area contributed by atoms with E-state index in [2.05, 4.69) is 5.32 Å². The van der Waals surface area contributed by atoms with Gasteiger partial charge < -0.3 is 15.8 Å². The number of carbonyl (C=O) groups excluding carboxylic acids is 1. The number of hydrogen-bond donors (Lipinski definition) is 2. The van der Waals surface area contributed by atoms with Gasteiger partial charge in [0.15, 0.2) is 0 Å². The van der Waals surface area contributed by atoms with Crippen LogP contribution in [0.15, 0.2) is 24.3 Å². The van der Waals surface area contributed by atoms with Gasteiger partial charge in [-0.3, -0.25) is 4.79 Å². The third-order valence-corrected chi connectivity index (χ3v) is 3.53. The molecule has 0 spiro atoms. The van der Waals surface area contributed by atoms with Gasteiger partial charge in [0, 0.05) is 6.42 Å². The molecule has 1 aromatic rings. The van der Waals surface area contributed by atoms with E-state index in [4.69, 9.17) is 10.5 Å². The van der Waals surface area contributed by atoms with Crippen molar-refractivity contribution in [3.8, 4) is 5.75 Å². The molecule has 0 atom stereocenters. The van der Waals surface area contributed by atoms with Gasteiger partial charge in [0.1, 0.15) is 5.75 Å². The number of carbonyl (C=O) groups is 1. The Bertz CT molecular complexity index is 403. The predicted molar refractivity (Wildman–Crippen MR) is 82.3 cm³/mol. The number of piperidine rings is 1. The van der Waals surface area contributed by atoms with E-state index < -0.39 is 0 Å². The van der Waals surface area contributed by atoms with Gasteiger partial charge in [0.25, 0.3) is 0 Å². The van der Waals surface area contributed by atoms with Crippen LogP contribution in [-0.4, -0.2) is 25.6 Å². The first kappa shape index (κ1) is 16.8. The number of amides is 1. The van der Waals surface area contributed by atoms with Crippen molar-refractivity contribution in [1.29, 1.82) is 0 Å². The fourth-order valence-corrected chi connectivity index (χ4v) is 2.28. The van der Waals surface area contributed by atoms with Gasteiger partial charge in [-0.1, -0.05) is 12.1 Å². The second-order valence-corrected chi connectivity index (χ2v) is 5.11. The number of nitrogens with one attached hydrogen (secondary N) is 1. The first-order chi connectivity index (χ1) is 9.24. The molecule has 5 heteroatoms. The van der Waals surface area contributed by atoms with Crippen LogP contribution in [0.3, 0.4) is 0 Å². The molecule has 0 radical (unpaired) electrons. The fourth-order valence-electron chi connectivity index (χ4n) is 2.28. The average molecular weight is 299 g/mol. The summed E-state index contributed by atoms with van der Waals surface area (Å²) in [7, 11) is 0. The van der Waals surface area contributed by atoms with E-state index in [1.807, 2.05) is 24.3 Å². The van der Waals surface area contributed by atoms with Crippen LogP contribution in [0.5, 0.6) is 5.75 Å². The number of ether oxygens (including phenoxy) is 1. The van der Waals surface area contributed by atoms with E-state index >= 15 is 0 Å². The minimum absolute atomic E-state index is 0. The Morgan fingerprint density at radius 3 is 2.50 bits per heavy atom. The summed E-state index contributed by atoms with van der Waals surface area (Å²) in [5.74, 6) is 1.31. The number of benzene rings is 1. The molecule has 20 heavy (non-hydrogen) atoms. The number of hydrogen-bond acceptors (Lipinski definition) is 3. The molecule has 0 unspecified atom stereocenters. The summed E-state index contributed by atoms with van der Waals surface area (Å²) in [4.78, 5) is 10.7. The standard InChI is InChI=1S/C15H22N2O2.ClH/c16-15(18)6-3-12-1-4-14(5-2-12)19-11-13-7-9-17-10-8-13;/h1-2,4-5,13,17H,3,6-11H2,(H2,16,18);1H. The minimum Gasteiger partial charge on any atom is -0.493 e. The number of primary amides is 1. The zero-order valence-electron chi connectivity index (χ0n) is 11.6. The molecular weight excluding hydrogens is 276 g/mol. The van der Waals surface area contributed by atoms with E-state index in [-0.39, 0.29) is 18.3 Å². The maximum atomic E-state index is 10.7. The van der Waals surface area contributed by atoms with Crippen molar-refractivity contribution >= 4 is 18.3 Å². The first-order valence-corrected chi connectivity index (χ1v) is 6.95. The SMILES string of the molecule is Cl.NC(=O)CCc1ccc(OCC2CCNCC2)cc1. The Kier molecular flexibility index (Phi) is 7.41. The van der Waals surface area contributed by atoms with Crippen molar-refractivity contribution in [3.63, 3.8) is 0 Å². The smallest absolute Gasteiger partial charge is 0.217 e. The molecular formula is C15H23ClN2O2. The molecule has 2 rings (SSSR count). The van der Waals surface area contributed by atoms with Crippen molar-refractivity contribution in [1.82, 2.24) is 5.32 Å². The van der Waals surface area contributed by atoms with Crippen LogP contribution in [0.4, 0.5) is 0 Å². The summed E-state index contributed by atoms with van der Waals surface area (Å²) in [6.45, 7) is 2.99. The summed E-state index contributed by atoms with van der Waals surface area (Å²) < 4.78 is 5.81. The summed E-state index contributed by atoms with van der Waals surface area (Å²) in [5, 5.41) is 3.35. The second kappa shape index (κ2) is 8.82. The summed E-state index contributed by atoms with van der Waals surface area (Å²) in [5.41, 5.74) is 6.25. The van der Waals surface area contributed by atoms with E-state index in [0.29, 0.717) is 18.8 Å².